The fraction of sp³-hybridized carbons (Fsp3) is 0.769. The van der Waals surface area contributed by atoms with Gasteiger partial charge in [0.2, 0.25) is 5.91 Å². The van der Waals surface area contributed by atoms with Gasteiger partial charge < -0.3 is 14.9 Å². The minimum atomic E-state index is -1.06. The fourth-order valence-corrected chi connectivity index (χ4v) is 1.52. The summed E-state index contributed by atoms with van der Waals surface area (Å²) in [4.78, 5) is 37.3. The Morgan fingerprint density at radius 3 is 2.15 bits per heavy atom. The van der Waals surface area contributed by atoms with Crippen LogP contribution >= 0.6 is 0 Å². The molecule has 7 nitrogen and oxygen atoms in total. The Balaban J connectivity index is 4.37. The van der Waals surface area contributed by atoms with E-state index in [1.165, 1.54) is 0 Å². The maximum atomic E-state index is 12.0. The van der Waals surface area contributed by atoms with Gasteiger partial charge in [0.25, 0.3) is 0 Å². The number of rotatable bonds is 8. The van der Waals surface area contributed by atoms with Crippen LogP contribution in [0, 0.1) is 5.92 Å². The van der Waals surface area contributed by atoms with Gasteiger partial charge in [0.1, 0.15) is 0 Å². The Hall–Kier alpha value is -1.63. The molecule has 7 heteroatoms. The molecule has 0 fully saturated rings. The molecule has 0 bridgehead atoms. The van der Waals surface area contributed by atoms with Gasteiger partial charge in [0.15, 0.2) is 0 Å². The Bertz CT molecular complexity index is 343. The molecule has 116 valence electrons. The smallest absolute Gasteiger partial charge is 0.324 e. The zero-order valence-electron chi connectivity index (χ0n) is 12.7. The summed E-state index contributed by atoms with van der Waals surface area (Å²) >= 11 is 0. The van der Waals surface area contributed by atoms with Crippen molar-refractivity contribution in [2.45, 2.75) is 26.7 Å². The van der Waals surface area contributed by atoms with E-state index in [0.29, 0.717) is 19.6 Å². The third-order valence-electron chi connectivity index (χ3n) is 2.50. The van der Waals surface area contributed by atoms with Crippen LogP contribution < -0.4 is 5.32 Å². The number of carboxylic acids is 1. The molecule has 0 atom stereocenters. The van der Waals surface area contributed by atoms with Gasteiger partial charge >= 0.3 is 12.0 Å². The van der Waals surface area contributed by atoms with Crippen molar-refractivity contribution in [3.63, 3.8) is 0 Å². The minimum Gasteiger partial charge on any atom is -0.481 e. The molecular formula is C13H25N3O4. The summed E-state index contributed by atoms with van der Waals surface area (Å²) < 4.78 is 0. The molecule has 0 aromatic rings. The molecule has 2 N–H and O–H groups in total. The highest BCUT2D eigenvalue weighted by molar-refractivity contribution is 5.95. The normalized spacial score (nSPS) is 10.7. The summed E-state index contributed by atoms with van der Waals surface area (Å²) in [6.07, 6.45) is -0.467. The zero-order valence-corrected chi connectivity index (χ0v) is 12.7. The van der Waals surface area contributed by atoms with Gasteiger partial charge in [-0.25, -0.2) is 4.79 Å². The second-order valence-corrected chi connectivity index (χ2v) is 5.39. The standard InChI is InChI=1S/C13H25N3O4/c1-10(2)9-16(8-7-15(3)4)13(20)14-11(17)5-6-12(18)19/h10H,5-9H2,1-4H3,(H,18,19)(H,14,17,20). The van der Waals surface area contributed by atoms with Gasteiger partial charge in [-0.15, -0.1) is 0 Å². The summed E-state index contributed by atoms with van der Waals surface area (Å²) in [5.41, 5.74) is 0. The van der Waals surface area contributed by atoms with Crippen LogP contribution in [0.4, 0.5) is 4.79 Å². The van der Waals surface area contributed by atoms with Crippen LogP contribution in [0.5, 0.6) is 0 Å². The van der Waals surface area contributed by atoms with Gasteiger partial charge in [0, 0.05) is 26.1 Å². The number of nitrogens with zero attached hydrogens (tertiary/aromatic N) is 2. The van der Waals surface area contributed by atoms with E-state index in [2.05, 4.69) is 5.32 Å². The van der Waals surface area contributed by atoms with Crippen LogP contribution in [0.15, 0.2) is 0 Å². The van der Waals surface area contributed by atoms with Gasteiger partial charge in [0.05, 0.1) is 6.42 Å². The van der Waals surface area contributed by atoms with Crippen molar-refractivity contribution in [2.75, 3.05) is 33.7 Å². The highest BCUT2D eigenvalue weighted by atomic mass is 16.4. The van der Waals surface area contributed by atoms with Gasteiger partial charge in [-0.1, -0.05) is 13.8 Å². The molecule has 3 amide bonds. The molecule has 0 saturated heterocycles. The van der Waals surface area contributed by atoms with Crippen LogP contribution in [-0.4, -0.2) is 66.5 Å². The molecule has 0 aromatic heterocycles. The lowest BCUT2D eigenvalue weighted by atomic mass is 10.2. The fourth-order valence-electron chi connectivity index (χ4n) is 1.52. The lowest BCUT2D eigenvalue weighted by Crippen LogP contribution is -2.46. The summed E-state index contributed by atoms with van der Waals surface area (Å²) in [5.74, 6) is -1.33. The quantitative estimate of drug-likeness (QED) is 0.682. The lowest BCUT2D eigenvalue weighted by Gasteiger charge is -2.25. The van der Waals surface area contributed by atoms with Crippen LogP contribution in [0.1, 0.15) is 26.7 Å². The van der Waals surface area contributed by atoms with E-state index in [4.69, 9.17) is 5.11 Å². The number of aliphatic carboxylic acids is 1. The number of nitrogens with one attached hydrogen (secondary N) is 1. The first kappa shape index (κ1) is 18.4. The Labute approximate surface area is 119 Å². The summed E-state index contributed by atoms with van der Waals surface area (Å²) in [6, 6.07) is -0.462. The number of carboxylic acid groups (broad SMARTS) is 1. The van der Waals surface area contributed by atoms with Crippen molar-refractivity contribution in [1.29, 1.82) is 0 Å². The second kappa shape index (κ2) is 9.30. The predicted molar refractivity (Wildman–Crippen MR) is 75.4 cm³/mol. The molecule has 0 aromatic carbocycles. The third kappa shape index (κ3) is 9.32. The van der Waals surface area contributed by atoms with Gasteiger partial charge in [-0.05, 0) is 20.0 Å². The first-order chi connectivity index (χ1) is 9.22. The van der Waals surface area contributed by atoms with E-state index in [1.807, 2.05) is 32.8 Å². The molecule has 0 saturated carbocycles. The second-order valence-electron chi connectivity index (χ2n) is 5.39. The van der Waals surface area contributed by atoms with Gasteiger partial charge in [-0.3, -0.25) is 14.9 Å². The Morgan fingerprint density at radius 1 is 1.10 bits per heavy atom. The number of imide groups is 1. The van der Waals surface area contributed by atoms with E-state index in [1.54, 1.807) is 4.90 Å². The van der Waals surface area contributed by atoms with Crippen LogP contribution in [-0.2, 0) is 9.59 Å². The van der Waals surface area contributed by atoms with Crippen molar-refractivity contribution < 1.29 is 19.5 Å². The first-order valence-corrected chi connectivity index (χ1v) is 6.67. The molecule has 0 aliphatic carbocycles. The number of carbonyl (C=O) groups excluding carboxylic acids is 2. The highest BCUT2D eigenvalue weighted by Crippen LogP contribution is 2.00. The maximum Gasteiger partial charge on any atom is 0.324 e. The molecule has 0 heterocycles. The first-order valence-electron chi connectivity index (χ1n) is 6.67. The SMILES string of the molecule is CC(C)CN(CCN(C)C)C(=O)NC(=O)CCC(=O)O. The number of hydrogen-bond acceptors (Lipinski definition) is 4. The maximum absolute atomic E-state index is 12.0. The Kier molecular flexibility index (Phi) is 8.54. The molecule has 0 rings (SSSR count). The molecule has 0 spiro atoms. The molecule has 0 aliphatic heterocycles. The van der Waals surface area contributed by atoms with Crippen molar-refractivity contribution in [1.82, 2.24) is 15.1 Å². The average Bonchev–Trinajstić information content (AvgIpc) is 2.31. The zero-order chi connectivity index (χ0) is 15.7. The van der Waals surface area contributed by atoms with Crippen molar-refractivity contribution in [3.8, 4) is 0 Å². The molecule has 0 radical (unpaired) electrons. The highest BCUT2D eigenvalue weighted by Gasteiger charge is 2.17. The summed E-state index contributed by atoms with van der Waals surface area (Å²) in [7, 11) is 3.81. The van der Waals surface area contributed by atoms with Crippen molar-refractivity contribution in [3.05, 3.63) is 0 Å². The number of urea groups is 1. The van der Waals surface area contributed by atoms with E-state index in [0.717, 1.165) is 0 Å². The van der Waals surface area contributed by atoms with Crippen molar-refractivity contribution >= 4 is 17.9 Å². The van der Waals surface area contributed by atoms with E-state index in [9.17, 15) is 14.4 Å². The van der Waals surface area contributed by atoms with E-state index < -0.39 is 17.9 Å². The molecule has 20 heavy (non-hydrogen) atoms. The van der Waals surface area contributed by atoms with Crippen molar-refractivity contribution in [2.24, 2.45) is 5.92 Å². The predicted octanol–water partition coefficient (Wildman–Crippen LogP) is 0.607. The number of carbonyl (C=O) groups is 3. The summed E-state index contributed by atoms with van der Waals surface area (Å²) in [5, 5.41) is 10.7. The monoisotopic (exact) mass is 287 g/mol. The molecular weight excluding hydrogens is 262 g/mol. The van der Waals surface area contributed by atoms with E-state index >= 15 is 0 Å². The van der Waals surface area contributed by atoms with Crippen LogP contribution in [0.2, 0.25) is 0 Å². The largest absolute Gasteiger partial charge is 0.481 e. The minimum absolute atomic E-state index is 0.190. The molecule has 0 unspecified atom stereocenters. The number of amides is 3. The van der Waals surface area contributed by atoms with Crippen LogP contribution in [0.3, 0.4) is 0 Å². The summed E-state index contributed by atoms with van der Waals surface area (Å²) in [6.45, 7) is 5.74. The van der Waals surface area contributed by atoms with E-state index in [-0.39, 0.29) is 18.8 Å². The average molecular weight is 287 g/mol. The molecule has 0 aliphatic rings. The van der Waals surface area contributed by atoms with Gasteiger partial charge in [-0.2, -0.15) is 0 Å². The number of likely N-dealkylation sites (N-methyl/N-ethyl adjacent to an activating group) is 1. The third-order valence-corrected chi connectivity index (χ3v) is 2.50. The lowest BCUT2D eigenvalue weighted by molar-refractivity contribution is -0.138. The topological polar surface area (TPSA) is 90.0 Å². The van der Waals surface area contributed by atoms with Crippen LogP contribution in [0.25, 0.3) is 0 Å². The number of hydrogen-bond donors (Lipinski definition) is 2. The Morgan fingerprint density at radius 2 is 1.70 bits per heavy atom.